The van der Waals surface area contributed by atoms with E-state index in [1.54, 1.807) is 7.11 Å². The van der Waals surface area contributed by atoms with Gasteiger partial charge in [0.15, 0.2) is 0 Å². The average Bonchev–Trinajstić information content (AvgIpc) is 2.81. The van der Waals surface area contributed by atoms with E-state index in [2.05, 4.69) is 36.2 Å². The molecule has 22 heavy (non-hydrogen) atoms. The van der Waals surface area contributed by atoms with Gasteiger partial charge >= 0.3 is 0 Å². The van der Waals surface area contributed by atoms with Crippen molar-refractivity contribution in [3.63, 3.8) is 0 Å². The third-order valence-corrected chi connectivity index (χ3v) is 5.37. The molecule has 0 saturated carbocycles. The van der Waals surface area contributed by atoms with Crippen LogP contribution in [0.25, 0.3) is 0 Å². The number of likely N-dealkylation sites (tertiary alicyclic amines) is 1. The van der Waals surface area contributed by atoms with Gasteiger partial charge in [-0.25, -0.2) is 0 Å². The van der Waals surface area contributed by atoms with Crippen molar-refractivity contribution in [3.05, 3.63) is 29.8 Å². The van der Waals surface area contributed by atoms with Gasteiger partial charge in [0.1, 0.15) is 5.75 Å². The summed E-state index contributed by atoms with van der Waals surface area (Å²) in [5.41, 5.74) is 0.924. The number of benzene rings is 1. The zero-order valence-corrected chi connectivity index (χ0v) is 13.8. The number of carbonyl (C=O) groups is 1. The molecular formula is C18H26N2O2. The van der Waals surface area contributed by atoms with E-state index >= 15 is 0 Å². The standard InChI is InChI=1S/C18H26N2O2/c1-13(2)20-12-15(14-6-4-5-7-16(14)22-3)18(17(20)21)8-10-19-11-9-18/h4-7,13,15,19H,8-12H2,1-3H3/t15-/m0/s1. The minimum Gasteiger partial charge on any atom is -0.496 e. The van der Waals surface area contributed by atoms with Crippen LogP contribution in [0.15, 0.2) is 24.3 Å². The first-order valence-corrected chi connectivity index (χ1v) is 8.25. The van der Waals surface area contributed by atoms with Crippen LogP contribution in [0.5, 0.6) is 5.75 Å². The smallest absolute Gasteiger partial charge is 0.229 e. The summed E-state index contributed by atoms with van der Waals surface area (Å²) in [6.45, 7) is 6.86. The van der Waals surface area contributed by atoms with Crippen molar-refractivity contribution in [2.24, 2.45) is 5.41 Å². The van der Waals surface area contributed by atoms with Gasteiger partial charge in [-0.3, -0.25) is 4.79 Å². The molecule has 2 fully saturated rings. The molecular weight excluding hydrogens is 276 g/mol. The Morgan fingerprint density at radius 1 is 1.27 bits per heavy atom. The lowest BCUT2D eigenvalue weighted by atomic mass is 9.68. The minimum atomic E-state index is -0.260. The molecule has 1 amide bonds. The van der Waals surface area contributed by atoms with Crippen molar-refractivity contribution in [2.75, 3.05) is 26.7 Å². The Labute approximate surface area is 132 Å². The normalized spacial score (nSPS) is 24.3. The predicted octanol–water partition coefficient (Wildman–Crippen LogP) is 2.40. The van der Waals surface area contributed by atoms with Crippen LogP contribution in [-0.4, -0.2) is 43.6 Å². The maximum absolute atomic E-state index is 13.2. The number of para-hydroxylation sites is 1. The van der Waals surface area contributed by atoms with Crippen molar-refractivity contribution >= 4 is 5.91 Å². The fourth-order valence-corrected chi connectivity index (χ4v) is 4.12. The largest absolute Gasteiger partial charge is 0.496 e. The predicted molar refractivity (Wildman–Crippen MR) is 87.1 cm³/mol. The van der Waals surface area contributed by atoms with Gasteiger partial charge in [0, 0.05) is 24.1 Å². The number of ether oxygens (including phenoxy) is 1. The fourth-order valence-electron chi connectivity index (χ4n) is 4.12. The van der Waals surface area contributed by atoms with Gasteiger partial charge in [0.2, 0.25) is 5.91 Å². The summed E-state index contributed by atoms with van der Waals surface area (Å²) in [6.07, 6.45) is 1.83. The highest BCUT2D eigenvalue weighted by Gasteiger charge is 2.55. The van der Waals surface area contributed by atoms with Crippen molar-refractivity contribution in [2.45, 2.75) is 38.6 Å². The van der Waals surface area contributed by atoms with Gasteiger partial charge in [-0.15, -0.1) is 0 Å². The maximum Gasteiger partial charge on any atom is 0.229 e. The van der Waals surface area contributed by atoms with Crippen LogP contribution >= 0.6 is 0 Å². The van der Waals surface area contributed by atoms with E-state index in [1.165, 1.54) is 5.56 Å². The summed E-state index contributed by atoms with van der Waals surface area (Å²) in [4.78, 5) is 15.2. The van der Waals surface area contributed by atoms with Crippen molar-refractivity contribution in [3.8, 4) is 5.75 Å². The molecule has 0 radical (unpaired) electrons. The van der Waals surface area contributed by atoms with Crippen LogP contribution in [0.1, 0.15) is 38.2 Å². The number of hydrogen-bond donors (Lipinski definition) is 1. The number of methoxy groups -OCH3 is 1. The monoisotopic (exact) mass is 302 g/mol. The van der Waals surface area contributed by atoms with Gasteiger partial charge in [-0.1, -0.05) is 18.2 Å². The van der Waals surface area contributed by atoms with Crippen molar-refractivity contribution < 1.29 is 9.53 Å². The van der Waals surface area contributed by atoms with E-state index < -0.39 is 0 Å². The SMILES string of the molecule is COc1ccccc1[C@@H]1CN(C(C)C)C(=O)C12CCNCC2. The lowest BCUT2D eigenvalue weighted by Crippen LogP contribution is -2.45. The number of nitrogens with zero attached hydrogens (tertiary/aromatic N) is 1. The first-order chi connectivity index (χ1) is 10.6. The number of hydrogen-bond acceptors (Lipinski definition) is 3. The molecule has 2 saturated heterocycles. The molecule has 1 aromatic carbocycles. The van der Waals surface area contributed by atoms with E-state index in [0.29, 0.717) is 5.91 Å². The van der Waals surface area contributed by atoms with Gasteiger partial charge in [-0.2, -0.15) is 0 Å². The third-order valence-electron chi connectivity index (χ3n) is 5.37. The van der Waals surface area contributed by atoms with E-state index in [1.807, 2.05) is 12.1 Å². The molecule has 2 aliphatic rings. The molecule has 0 bridgehead atoms. The lowest BCUT2D eigenvalue weighted by molar-refractivity contribution is -0.139. The summed E-state index contributed by atoms with van der Waals surface area (Å²) in [5.74, 6) is 1.46. The van der Waals surface area contributed by atoms with Crippen LogP contribution in [0.3, 0.4) is 0 Å². The molecule has 4 nitrogen and oxygen atoms in total. The summed E-state index contributed by atoms with van der Waals surface area (Å²) in [6, 6.07) is 8.43. The Bertz CT molecular complexity index is 550. The number of piperidine rings is 1. The summed E-state index contributed by atoms with van der Waals surface area (Å²) >= 11 is 0. The Morgan fingerprint density at radius 2 is 1.95 bits per heavy atom. The fraction of sp³-hybridized carbons (Fsp3) is 0.611. The molecule has 0 aliphatic carbocycles. The molecule has 3 rings (SSSR count). The highest BCUT2D eigenvalue weighted by molar-refractivity contribution is 5.87. The van der Waals surface area contributed by atoms with E-state index in [9.17, 15) is 4.79 Å². The summed E-state index contributed by atoms with van der Waals surface area (Å²) < 4.78 is 5.58. The van der Waals surface area contributed by atoms with Crippen LogP contribution in [0.2, 0.25) is 0 Å². The molecule has 1 atom stereocenters. The second-order valence-corrected chi connectivity index (χ2v) is 6.75. The summed E-state index contributed by atoms with van der Waals surface area (Å²) in [5, 5.41) is 3.40. The highest BCUT2D eigenvalue weighted by Crippen LogP contribution is 2.51. The van der Waals surface area contributed by atoms with Crippen molar-refractivity contribution in [1.82, 2.24) is 10.2 Å². The van der Waals surface area contributed by atoms with Crippen LogP contribution in [-0.2, 0) is 4.79 Å². The molecule has 0 unspecified atom stereocenters. The van der Waals surface area contributed by atoms with E-state index in [4.69, 9.17) is 4.74 Å². The lowest BCUT2D eigenvalue weighted by Gasteiger charge is -2.37. The molecule has 2 aliphatic heterocycles. The Kier molecular flexibility index (Phi) is 4.13. The third kappa shape index (κ3) is 2.30. The molecule has 1 spiro atoms. The molecule has 1 aromatic rings. The van der Waals surface area contributed by atoms with Gasteiger partial charge in [0.05, 0.1) is 12.5 Å². The molecule has 0 aromatic heterocycles. The second-order valence-electron chi connectivity index (χ2n) is 6.75. The Morgan fingerprint density at radius 3 is 2.59 bits per heavy atom. The van der Waals surface area contributed by atoms with Crippen LogP contribution in [0, 0.1) is 5.41 Å². The number of nitrogens with one attached hydrogen (secondary N) is 1. The maximum atomic E-state index is 13.2. The molecule has 2 heterocycles. The first kappa shape index (κ1) is 15.3. The quantitative estimate of drug-likeness (QED) is 0.932. The number of rotatable bonds is 3. The zero-order chi connectivity index (χ0) is 15.7. The van der Waals surface area contributed by atoms with Gasteiger partial charge in [-0.05, 0) is 45.8 Å². The molecule has 1 N–H and O–H groups in total. The Balaban J connectivity index is 2.05. The topological polar surface area (TPSA) is 41.6 Å². The Hall–Kier alpha value is -1.55. The first-order valence-electron chi connectivity index (χ1n) is 8.25. The van der Waals surface area contributed by atoms with E-state index in [-0.39, 0.29) is 17.4 Å². The van der Waals surface area contributed by atoms with E-state index in [0.717, 1.165) is 38.2 Å². The summed E-state index contributed by atoms with van der Waals surface area (Å²) in [7, 11) is 1.71. The van der Waals surface area contributed by atoms with Crippen LogP contribution < -0.4 is 10.1 Å². The van der Waals surface area contributed by atoms with Crippen LogP contribution in [0.4, 0.5) is 0 Å². The second kappa shape index (κ2) is 5.92. The zero-order valence-electron chi connectivity index (χ0n) is 13.8. The molecule has 120 valence electrons. The number of carbonyl (C=O) groups excluding carboxylic acids is 1. The number of amides is 1. The average molecular weight is 302 g/mol. The van der Waals surface area contributed by atoms with Gasteiger partial charge < -0.3 is 15.0 Å². The molecule has 4 heteroatoms. The van der Waals surface area contributed by atoms with Gasteiger partial charge in [0.25, 0.3) is 0 Å². The van der Waals surface area contributed by atoms with Crippen molar-refractivity contribution in [1.29, 1.82) is 0 Å². The highest BCUT2D eigenvalue weighted by atomic mass is 16.5. The minimum absolute atomic E-state index is 0.223.